The number of sulfonamides is 1. The second kappa shape index (κ2) is 11.6. The van der Waals surface area contributed by atoms with Gasteiger partial charge in [-0.1, -0.05) is 37.1 Å². The number of carbonyl (C=O) groups is 1. The maximum atomic E-state index is 12.5. The number of nitrogens with one attached hydrogen (secondary N) is 2. The Morgan fingerprint density at radius 2 is 1.56 bits per heavy atom. The molecule has 8 heteroatoms. The lowest BCUT2D eigenvalue weighted by Crippen LogP contribution is -2.14. The van der Waals surface area contributed by atoms with Gasteiger partial charge in [-0.3, -0.25) is 9.52 Å². The van der Waals surface area contributed by atoms with E-state index in [1.165, 1.54) is 12.1 Å². The number of carbonyl (C=O) groups excluding carboxylic acids is 1. The lowest BCUT2D eigenvalue weighted by Gasteiger charge is -2.10. The van der Waals surface area contributed by atoms with Crippen LogP contribution in [-0.4, -0.2) is 20.9 Å². The number of para-hydroxylation sites is 1. The van der Waals surface area contributed by atoms with Gasteiger partial charge in [0.25, 0.3) is 10.0 Å². The molecule has 2 rings (SSSR count). The number of anilines is 2. The Hall–Kier alpha value is -2.09. The SMILES string of the molecule is Cl.NCCCCCCC(=O)Nc1cccc(S(=O)(=O)Nc2ccccc2)c1. The molecule has 2 aromatic rings. The largest absolute Gasteiger partial charge is 0.330 e. The quantitative estimate of drug-likeness (QED) is 0.518. The van der Waals surface area contributed by atoms with Crippen molar-refractivity contribution in [3.05, 3.63) is 54.6 Å². The molecular weight excluding hydrogens is 386 g/mol. The Balaban J connectivity index is 0.00000364. The average Bonchev–Trinajstić information content (AvgIpc) is 2.62. The minimum Gasteiger partial charge on any atom is -0.330 e. The molecule has 1 amide bonds. The third kappa shape index (κ3) is 7.99. The van der Waals surface area contributed by atoms with Crippen LogP contribution in [0.3, 0.4) is 0 Å². The number of amides is 1. The summed E-state index contributed by atoms with van der Waals surface area (Å²) in [6.07, 6.45) is 4.14. The number of halogens is 1. The predicted octanol–water partition coefficient (Wildman–Crippen LogP) is 3.76. The summed E-state index contributed by atoms with van der Waals surface area (Å²) in [6.45, 7) is 0.671. The van der Waals surface area contributed by atoms with Gasteiger partial charge in [0.2, 0.25) is 5.91 Å². The van der Waals surface area contributed by atoms with Gasteiger partial charge >= 0.3 is 0 Å². The molecule has 148 valence electrons. The summed E-state index contributed by atoms with van der Waals surface area (Å²) in [5.74, 6) is -0.122. The fourth-order valence-electron chi connectivity index (χ4n) is 2.47. The van der Waals surface area contributed by atoms with Crippen molar-refractivity contribution in [2.75, 3.05) is 16.6 Å². The molecule has 2 aromatic carbocycles. The van der Waals surface area contributed by atoms with Crippen LogP contribution in [0.15, 0.2) is 59.5 Å². The van der Waals surface area contributed by atoms with E-state index in [0.29, 0.717) is 24.3 Å². The van der Waals surface area contributed by atoms with E-state index < -0.39 is 10.0 Å². The first-order valence-corrected chi connectivity index (χ1v) is 10.2. The summed E-state index contributed by atoms with van der Waals surface area (Å²) in [5, 5.41) is 2.75. The van der Waals surface area contributed by atoms with Crippen LogP contribution in [0.1, 0.15) is 32.1 Å². The van der Waals surface area contributed by atoms with E-state index in [1.54, 1.807) is 36.4 Å². The zero-order valence-electron chi connectivity index (χ0n) is 15.1. The van der Waals surface area contributed by atoms with Gasteiger partial charge in [0.05, 0.1) is 4.90 Å². The molecule has 0 saturated heterocycles. The molecule has 0 aliphatic carbocycles. The smallest absolute Gasteiger partial charge is 0.261 e. The molecule has 0 aromatic heterocycles. The second-order valence-corrected chi connectivity index (χ2v) is 7.68. The topological polar surface area (TPSA) is 101 Å². The molecule has 0 radical (unpaired) electrons. The summed E-state index contributed by atoms with van der Waals surface area (Å²) >= 11 is 0. The van der Waals surface area contributed by atoms with Gasteiger partial charge in [0.1, 0.15) is 0 Å². The van der Waals surface area contributed by atoms with E-state index in [9.17, 15) is 13.2 Å². The van der Waals surface area contributed by atoms with Crippen molar-refractivity contribution in [1.82, 2.24) is 0 Å². The predicted molar refractivity (Wildman–Crippen MR) is 112 cm³/mol. The third-order valence-corrected chi connectivity index (χ3v) is 5.19. The summed E-state index contributed by atoms with van der Waals surface area (Å²) < 4.78 is 27.5. The summed E-state index contributed by atoms with van der Waals surface area (Å²) in [7, 11) is -3.71. The molecule has 0 fully saturated rings. The maximum Gasteiger partial charge on any atom is 0.261 e. The molecule has 27 heavy (non-hydrogen) atoms. The van der Waals surface area contributed by atoms with Crippen LogP contribution >= 0.6 is 12.4 Å². The van der Waals surface area contributed by atoms with E-state index >= 15 is 0 Å². The van der Waals surface area contributed by atoms with Crippen molar-refractivity contribution in [3.63, 3.8) is 0 Å². The second-order valence-electron chi connectivity index (χ2n) is 6.00. The van der Waals surface area contributed by atoms with Gasteiger partial charge in [0, 0.05) is 17.8 Å². The Morgan fingerprint density at radius 3 is 2.26 bits per heavy atom. The first-order chi connectivity index (χ1) is 12.5. The first kappa shape index (κ1) is 23.0. The maximum absolute atomic E-state index is 12.5. The molecular formula is C19H26ClN3O3S. The molecule has 0 aliphatic heterocycles. The zero-order chi connectivity index (χ0) is 18.8. The van der Waals surface area contributed by atoms with E-state index in [0.717, 1.165) is 25.7 Å². The van der Waals surface area contributed by atoms with Gasteiger partial charge in [-0.05, 0) is 49.7 Å². The summed E-state index contributed by atoms with van der Waals surface area (Å²) in [6, 6.07) is 14.9. The van der Waals surface area contributed by atoms with Crippen molar-refractivity contribution in [3.8, 4) is 0 Å². The number of rotatable bonds is 10. The van der Waals surface area contributed by atoms with Crippen molar-refractivity contribution in [2.45, 2.75) is 37.0 Å². The number of benzene rings is 2. The fourth-order valence-corrected chi connectivity index (χ4v) is 3.57. The Morgan fingerprint density at radius 1 is 0.889 bits per heavy atom. The Bertz CT molecular complexity index is 814. The van der Waals surface area contributed by atoms with E-state index in [-0.39, 0.29) is 23.2 Å². The van der Waals surface area contributed by atoms with Crippen molar-refractivity contribution < 1.29 is 13.2 Å². The van der Waals surface area contributed by atoms with Gasteiger partial charge in [0.15, 0.2) is 0 Å². The minimum atomic E-state index is -3.71. The van der Waals surface area contributed by atoms with Crippen molar-refractivity contribution in [2.24, 2.45) is 5.73 Å². The van der Waals surface area contributed by atoms with Crippen LogP contribution in [0, 0.1) is 0 Å². The lowest BCUT2D eigenvalue weighted by molar-refractivity contribution is -0.116. The molecule has 4 N–H and O–H groups in total. The highest BCUT2D eigenvalue weighted by Crippen LogP contribution is 2.19. The van der Waals surface area contributed by atoms with E-state index in [4.69, 9.17) is 5.73 Å². The number of hydrogen-bond acceptors (Lipinski definition) is 4. The summed E-state index contributed by atoms with van der Waals surface area (Å²) in [4.78, 5) is 12.1. The van der Waals surface area contributed by atoms with Crippen molar-refractivity contribution in [1.29, 1.82) is 0 Å². The van der Waals surface area contributed by atoms with Gasteiger partial charge in [-0.15, -0.1) is 12.4 Å². The van der Waals surface area contributed by atoms with Crippen LogP contribution in [-0.2, 0) is 14.8 Å². The normalized spacial score (nSPS) is 10.7. The highest BCUT2D eigenvalue weighted by molar-refractivity contribution is 7.92. The van der Waals surface area contributed by atoms with Crippen LogP contribution in [0.4, 0.5) is 11.4 Å². The molecule has 0 saturated carbocycles. The summed E-state index contributed by atoms with van der Waals surface area (Å²) in [5.41, 5.74) is 6.39. The highest BCUT2D eigenvalue weighted by Gasteiger charge is 2.15. The van der Waals surface area contributed by atoms with Crippen LogP contribution in [0.2, 0.25) is 0 Å². The van der Waals surface area contributed by atoms with Crippen LogP contribution in [0.25, 0.3) is 0 Å². The standard InChI is InChI=1S/C19H25N3O3S.ClH/c20-14-7-2-1-6-13-19(23)21-17-11-8-12-18(15-17)26(24,25)22-16-9-4-3-5-10-16;/h3-5,8-12,15,22H,1-2,6-7,13-14,20H2,(H,21,23);1H. The van der Waals surface area contributed by atoms with Gasteiger partial charge in [-0.2, -0.15) is 0 Å². The number of nitrogens with two attached hydrogens (primary N) is 1. The molecule has 0 heterocycles. The average molecular weight is 412 g/mol. The Labute approximate surface area is 167 Å². The minimum absolute atomic E-state index is 0. The van der Waals surface area contributed by atoms with E-state index in [2.05, 4.69) is 10.0 Å². The van der Waals surface area contributed by atoms with Crippen molar-refractivity contribution >= 4 is 39.7 Å². The molecule has 0 spiro atoms. The molecule has 0 atom stereocenters. The van der Waals surface area contributed by atoms with Gasteiger partial charge in [-0.25, -0.2) is 8.42 Å². The van der Waals surface area contributed by atoms with Crippen LogP contribution in [0.5, 0.6) is 0 Å². The molecule has 0 unspecified atom stereocenters. The molecule has 6 nitrogen and oxygen atoms in total. The zero-order valence-corrected chi connectivity index (χ0v) is 16.7. The number of hydrogen-bond donors (Lipinski definition) is 3. The fraction of sp³-hybridized carbons (Fsp3) is 0.316. The van der Waals surface area contributed by atoms with E-state index in [1.807, 2.05) is 6.07 Å². The third-order valence-electron chi connectivity index (χ3n) is 3.81. The van der Waals surface area contributed by atoms with Crippen LogP contribution < -0.4 is 15.8 Å². The molecule has 0 bridgehead atoms. The first-order valence-electron chi connectivity index (χ1n) is 8.69. The number of unbranched alkanes of at least 4 members (excludes halogenated alkanes) is 3. The lowest BCUT2D eigenvalue weighted by atomic mass is 10.1. The van der Waals surface area contributed by atoms with Gasteiger partial charge < -0.3 is 11.1 Å². The highest BCUT2D eigenvalue weighted by atomic mass is 35.5. The molecule has 0 aliphatic rings. The monoisotopic (exact) mass is 411 g/mol. The Kier molecular flexibility index (Phi) is 9.85.